The van der Waals surface area contributed by atoms with Crippen LogP contribution >= 0.6 is 0 Å². The summed E-state index contributed by atoms with van der Waals surface area (Å²) in [4.78, 5) is 8.07. The van der Waals surface area contributed by atoms with E-state index < -0.39 is 0 Å². The molecule has 2 rings (SSSR count). The van der Waals surface area contributed by atoms with E-state index in [-0.39, 0.29) is 0 Å². The zero-order valence-electron chi connectivity index (χ0n) is 9.98. The number of hydrogen-bond donors (Lipinski definition) is 2. The highest BCUT2D eigenvalue weighted by molar-refractivity contribution is 5.59. The number of hydrogen-bond acceptors (Lipinski definition) is 4. The lowest BCUT2D eigenvalue weighted by molar-refractivity contribution is 0.276. The summed E-state index contributed by atoms with van der Waals surface area (Å²) < 4.78 is 0. The predicted molar refractivity (Wildman–Crippen MR) is 66.0 cm³/mol. The van der Waals surface area contributed by atoms with Gasteiger partial charge in [-0.3, -0.25) is 0 Å². The Morgan fingerprint density at radius 2 is 2.19 bits per heavy atom. The lowest BCUT2D eigenvalue weighted by Crippen LogP contribution is -2.33. The van der Waals surface area contributed by atoms with Gasteiger partial charge in [-0.2, -0.15) is 0 Å². The molecule has 16 heavy (non-hydrogen) atoms. The van der Waals surface area contributed by atoms with Crippen LogP contribution in [0.4, 0.5) is 11.5 Å². The zero-order chi connectivity index (χ0) is 11.5. The number of anilines is 2. The quantitative estimate of drug-likeness (QED) is 0.802. The molecule has 1 saturated carbocycles. The van der Waals surface area contributed by atoms with E-state index in [2.05, 4.69) is 29.1 Å². The zero-order valence-corrected chi connectivity index (χ0v) is 9.98. The molecular formula is C12H20N4. The molecule has 1 aliphatic rings. The highest BCUT2D eigenvalue weighted by Gasteiger charge is 2.25. The van der Waals surface area contributed by atoms with Crippen molar-refractivity contribution in [3.63, 3.8) is 0 Å². The fourth-order valence-corrected chi connectivity index (χ4v) is 2.52. The molecule has 4 nitrogen and oxygen atoms in total. The van der Waals surface area contributed by atoms with Crippen LogP contribution in [0.2, 0.25) is 0 Å². The first-order chi connectivity index (χ1) is 7.66. The third-order valence-electron chi connectivity index (χ3n) is 3.49. The molecule has 0 radical (unpaired) electrons. The third kappa shape index (κ3) is 2.43. The van der Waals surface area contributed by atoms with Crippen LogP contribution in [0.15, 0.2) is 12.5 Å². The minimum atomic E-state index is 0.494. The predicted octanol–water partition coefficient (Wildman–Crippen LogP) is 2.30. The van der Waals surface area contributed by atoms with Crippen molar-refractivity contribution in [2.75, 3.05) is 11.1 Å². The van der Waals surface area contributed by atoms with Crippen molar-refractivity contribution in [2.45, 2.75) is 39.2 Å². The van der Waals surface area contributed by atoms with E-state index in [0.717, 1.165) is 11.7 Å². The first-order valence-electron chi connectivity index (χ1n) is 5.99. The van der Waals surface area contributed by atoms with Crippen LogP contribution in [-0.2, 0) is 0 Å². The van der Waals surface area contributed by atoms with Gasteiger partial charge in [0.2, 0.25) is 0 Å². The number of nitrogens with two attached hydrogens (primary N) is 1. The summed E-state index contributed by atoms with van der Waals surface area (Å²) in [7, 11) is 0. The molecule has 1 fully saturated rings. The maximum atomic E-state index is 5.82. The average molecular weight is 220 g/mol. The lowest BCUT2D eigenvalue weighted by Gasteiger charge is -2.33. The van der Waals surface area contributed by atoms with Crippen LogP contribution in [0.3, 0.4) is 0 Å². The SMILES string of the molecule is CC1CCC(Nc2ncncc2N)C(C)C1. The molecule has 0 aliphatic heterocycles. The molecule has 0 bridgehead atoms. The molecule has 3 N–H and O–H groups in total. The molecular weight excluding hydrogens is 200 g/mol. The first-order valence-corrected chi connectivity index (χ1v) is 5.99. The Balaban J connectivity index is 2.02. The van der Waals surface area contributed by atoms with Crippen LogP contribution in [0.25, 0.3) is 0 Å². The molecule has 0 aromatic carbocycles. The van der Waals surface area contributed by atoms with E-state index in [1.54, 1.807) is 6.20 Å². The Hall–Kier alpha value is -1.32. The van der Waals surface area contributed by atoms with Crippen LogP contribution < -0.4 is 11.1 Å². The highest BCUT2D eigenvalue weighted by Crippen LogP contribution is 2.31. The largest absolute Gasteiger partial charge is 0.394 e. The molecule has 0 saturated heterocycles. The fourth-order valence-electron chi connectivity index (χ4n) is 2.52. The second-order valence-electron chi connectivity index (χ2n) is 4.97. The smallest absolute Gasteiger partial charge is 0.152 e. The van der Waals surface area contributed by atoms with Crippen LogP contribution in [0, 0.1) is 11.8 Å². The van der Waals surface area contributed by atoms with Gasteiger partial charge in [0.15, 0.2) is 5.82 Å². The number of nitrogens with zero attached hydrogens (tertiary/aromatic N) is 2. The van der Waals surface area contributed by atoms with Gasteiger partial charge in [0.1, 0.15) is 6.33 Å². The Morgan fingerprint density at radius 3 is 2.88 bits per heavy atom. The second kappa shape index (κ2) is 4.68. The molecule has 1 aliphatic carbocycles. The summed E-state index contributed by atoms with van der Waals surface area (Å²) >= 11 is 0. The van der Waals surface area contributed by atoms with E-state index >= 15 is 0 Å². The second-order valence-corrected chi connectivity index (χ2v) is 4.97. The normalized spacial score (nSPS) is 30.0. The number of nitrogens with one attached hydrogen (secondary N) is 1. The molecule has 0 amide bonds. The minimum Gasteiger partial charge on any atom is -0.394 e. The van der Waals surface area contributed by atoms with Crippen molar-refractivity contribution in [3.05, 3.63) is 12.5 Å². The van der Waals surface area contributed by atoms with E-state index in [1.165, 1.54) is 25.6 Å². The summed E-state index contributed by atoms with van der Waals surface area (Å²) in [6.45, 7) is 4.62. The van der Waals surface area contributed by atoms with Gasteiger partial charge in [0.25, 0.3) is 0 Å². The van der Waals surface area contributed by atoms with Crippen molar-refractivity contribution < 1.29 is 0 Å². The summed E-state index contributed by atoms with van der Waals surface area (Å²) in [5, 5.41) is 3.44. The van der Waals surface area contributed by atoms with E-state index in [1.807, 2.05) is 0 Å². The summed E-state index contributed by atoms with van der Waals surface area (Å²) in [5.41, 5.74) is 6.46. The van der Waals surface area contributed by atoms with E-state index in [9.17, 15) is 0 Å². The Bertz CT molecular complexity index is 353. The standard InChI is InChI=1S/C12H20N4/c1-8-3-4-11(9(2)5-8)16-12-10(13)6-14-7-15-12/h6-9,11H,3-5,13H2,1-2H3,(H,14,15,16). The molecule has 1 aromatic rings. The van der Waals surface area contributed by atoms with Crippen molar-refractivity contribution in [1.82, 2.24) is 9.97 Å². The lowest BCUT2D eigenvalue weighted by atomic mass is 9.80. The minimum absolute atomic E-state index is 0.494. The van der Waals surface area contributed by atoms with Gasteiger partial charge in [-0.1, -0.05) is 13.8 Å². The molecule has 1 aromatic heterocycles. The van der Waals surface area contributed by atoms with Gasteiger partial charge in [0, 0.05) is 6.04 Å². The summed E-state index contributed by atoms with van der Waals surface area (Å²) in [5.74, 6) is 2.30. The van der Waals surface area contributed by atoms with Gasteiger partial charge in [-0.25, -0.2) is 9.97 Å². The Morgan fingerprint density at radius 1 is 1.38 bits per heavy atom. The van der Waals surface area contributed by atoms with Crippen LogP contribution in [0.1, 0.15) is 33.1 Å². The highest BCUT2D eigenvalue weighted by atomic mass is 15.1. The fraction of sp³-hybridized carbons (Fsp3) is 0.667. The topological polar surface area (TPSA) is 63.8 Å². The maximum Gasteiger partial charge on any atom is 0.152 e. The number of rotatable bonds is 2. The molecule has 1 heterocycles. The molecule has 88 valence electrons. The summed E-state index contributed by atoms with van der Waals surface area (Å²) in [6, 6.07) is 0.494. The Labute approximate surface area is 96.7 Å². The first kappa shape index (κ1) is 11.2. The van der Waals surface area contributed by atoms with E-state index in [0.29, 0.717) is 17.6 Å². The average Bonchev–Trinajstić information content (AvgIpc) is 2.25. The van der Waals surface area contributed by atoms with Crippen molar-refractivity contribution >= 4 is 11.5 Å². The Kier molecular flexibility index (Phi) is 3.27. The van der Waals surface area contributed by atoms with Gasteiger partial charge >= 0.3 is 0 Å². The molecule has 3 atom stereocenters. The molecule has 3 unspecified atom stereocenters. The number of aromatic nitrogens is 2. The molecule has 4 heteroatoms. The van der Waals surface area contributed by atoms with Crippen molar-refractivity contribution in [3.8, 4) is 0 Å². The van der Waals surface area contributed by atoms with Crippen molar-refractivity contribution in [2.24, 2.45) is 11.8 Å². The van der Waals surface area contributed by atoms with Gasteiger partial charge in [-0.15, -0.1) is 0 Å². The summed E-state index contributed by atoms with van der Waals surface area (Å²) in [6.07, 6.45) is 6.95. The van der Waals surface area contributed by atoms with Gasteiger partial charge < -0.3 is 11.1 Å². The van der Waals surface area contributed by atoms with Crippen LogP contribution in [0.5, 0.6) is 0 Å². The monoisotopic (exact) mass is 220 g/mol. The maximum absolute atomic E-state index is 5.82. The van der Waals surface area contributed by atoms with Crippen molar-refractivity contribution in [1.29, 1.82) is 0 Å². The third-order valence-corrected chi connectivity index (χ3v) is 3.49. The van der Waals surface area contributed by atoms with Crippen LogP contribution in [-0.4, -0.2) is 16.0 Å². The number of nitrogen functional groups attached to an aromatic ring is 1. The van der Waals surface area contributed by atoms with Gasteiger partial charge in [0.05, 0.1) is 11.9 Å². The van der Waals surface area contributed by atoms with Gasteiger partial charge in [-0.05, 0) is 31.1 Å². The molecule has 0 spiro atoms. The van der Waals surface area contributed by atoms with E-state index in [4.69, 9.17) is 5.73 Å².